The first-order valence-corrected chi connectivity index (χ1v) is 6.52. The van der Waals surface area contributed by atoms with E-state index in [9.17, 15) is 9.59 Å². The number of esters is 1. The third-order valence-corrected chi connectivity index (χ3v) is 3.42. The number of hydrogen-bond acceptors (Lipinski definition) is 4. The van der Waals surface area contributed by atoms with E-state index in [-0.39, 0.29) is 17.7 Å². The predicted octanol–water partition coefficient (Wildman–Crippen LogP) is 2.39. The number of ether oxygens (including phenoxy) is 2. The van der Waals surface area contributed by atoms with Crippen molar-refractivity contribution in [3.05, 3.63) is 29.3 Å². The Morgan fingerprint density at radius 2 is 2.21 bits per heavy atom. The zero-order chi connectivity index (χ0) is 13.8. The Hall–Kier alpha value is -1.84. The Kier molecular flexibility index (Phi) is 4.20. The van der Waals surface area contributed by atoms with Gasteiger partial charge in [0.25, 0.3) is 0 Å². The summed E-state index contributed by atoms with van der Waals surface area (Å²) in [5.41, 5.74) is 1.58. The first kappa shape index (κ1) is 13.6. The molecule has 0 spiro atoms. The van der Waals surface area contributed by atoms with Crippen molar-refractivity contribution in [3.8, 4) is 5.75 Å². The summed E-state index contributed by atoms with van der Waals surface area (Å²) in [7, 11) is 1.59. The van der Waals surface area contributed by atoms with Crippen LogP contribution in [0, 0.1) is 5.92 Å². The van der Waals surface area contributed by atoms with Crippen LogP contribution >= 0.6 is 0 Å². The summed E-state index contributed by atoms with van der Waals surface area (Å²) in [4.78, 5) is 23.9. The van der Waals surface area contributed by atoms with Crippen LogP contribution in [0.5, 0.6) is 5.75 Å². The van der Waals surface area contributed by atoms with Crippen LogP contribution < -0.4 is 4.74 Å². The maximum absolute atomic E-state index is 12.0. The summed E-state index contributed by atoms with van der Waals surface area (Å²) in [6.45, 7) is 2.16. The van der Waals surface area contributed by atoms with Gasteiger partial charge in [0.15, 0.2) is 5.78 Å². The minimum atomic E-state index is -0.239. The number of fused-ring (bicyclic) bond motifs is 1. The van der Waals surface area contributed by atoms with Crippen molar-refractivity contribution in [2.75, 3.05) is 13.7 Å². The van der Waals surface area contributed by atoms with Gasteiger partial charge < -0.3 is 9.47 Å². The molecule has 0 saturated carbocycles. The van der Waals surface area contributed by atoms with Crippen molar-refractivity contribution in [2.24, 2.45) is 5.92 Å². The van der Waals surface area contributed by atoms with Crippen molar-refractivity contribution in [1.82, 2.24) is 0 Å². The summed E-state index contributed by atoms with van der Waals surface area (Å²) in [5.74, 6) is 0.337. The lowest BCUT2D eigenvalue weighted by Crippen LogP contribution is -2.19. The Bertz CT molecular complexity index is 493. The molecule has 0 aromatic heterocycles. The van der Waals surface area contributed by atoms with Crippen LogP contribution in [-0.4, -0.2) is 25.5 Å². The van der Waals surface area contributed by atoms with E-state index in [1.807, 2.05) is 6.07 Å². The van der Waals surface area contributed by atoms with E-state index in [0.29, 0.717) is 37.2 Å². The second-order valence-corrected chi connectivity index (χ2v) is 4.64. The third kappa shape index (κ3) is 2.95. The lowest BCUT2D eigenvalue weighted by atomic mass is 9.96. The number of carbonyl (C=O) groups is 2. The Morgan fingerprint density at radius 1 is 1.42 bits per heavy atom. The van der Waals surface area contributed by atoms with E-state index in [2.05, 4.69) is 0 Å². The van der Waals surface area contributed by atoms with E-state index >= 15 is 0 Å². The van der Waals surface area contributed by atoms with Crippen LogP contribution in [0.15, 0.2) is 18.2 Å². The van der Waals surface area contributed by atoms with Crippen molar-refractivity contribution in [1.29, 1.82) is 0 Å². The fourth-order valence-corrected chi connectivity index (χ4v) is 2.41. The molecule has 0 radical (unpaired) electrons. The Morgan fingerprint density at radius 3 is 2.89 bits per heavy atom. The van der Waals surface area contributed by atoms with Crippen LogP contribution in [-0.2, 0) is 16.0 Å². The topological polar surface area (TPSA) is 52.6 Å². The summed E-state index contributed by atoms with van der Waals surface area (Å²) < 4.78 is 10.2. The average Bonchev–Trinajstić information content (AvgIpc) is 2.58. The SMILES string of the molecule is CCOC(=O)[C@@H]1CCC(=O)c2ccc(OC)cc2C1. The highest BCUT2D eigenvalue weighted by molar-refractivity contribution is 5.98. The van der Waals surface area contributed by atoms with Gasteiger partial charge in [0.2, 0.25) is 0 Å². The van der Waals surface area contributed by atoms with Crippen LogP contribution in [0.25, 0.3) is 0 Å². The van der Waals surface area contributed by atoms with Gasteiger partial charge >= 0.3 is 5.97 Å². The van der Waals surface area contributed by atoms with Crippen LogP contribution in [0.4, 0.5) is 0 Å². The molecule has 1 aliphatic carbocycles. The van der Waals surface area contributed by atoms with E-state index in [1.165, 1.54) is 0 Å². The highest BCUT2D eigenvalue weighted by Gasteiger charge is 2.27. The average molecular weight is 262 g/mol. The Balaban J connectivity index is 2.29. The number of Topliss-reactive ketones (excluding diaryl/α,β-unsaturated/α-hetero) is 1. The second kappa shape index (κ2) is 5.87. The molecule has 0 unspecified atom stereocenters. The van der Waals surface area contributed by atoms with E-state index < -0.39 is 0 Å². The molecule has 1 aromatic carbocycles. The minimum Gasteiger partial charge on any atom is -0.497 e. The van der Waals surface area contributed by atoms with E-state index in [1.54, 1.807) is 26.2 Å². The molecule has 0 N–H and O–H groups in total. The smallest absolute Gasteiger partial charge is 0.309 e. The van der Waals surface area contributed by atoms with Crippen LogP contribution in [0.2, 0.25) is 0 Å². The van der Waals surface area contributed by atoms with Crippen LogP contribution in [0.1, 0.15) is 35.7 Å². The number of ketones is 1. The van der Waals surface area contributed by atoms with Crippen molar-refractivity contribution < 1.29 is 19.1 Å². The van der Waals surface area contributed by atoms with E-state index in [0.717, 1.165) is 5.56 Å². The fraction of sp³-hybridized carbons (Fsp3) is 0.467. The number of hydrogen-bond donors (Lipinski definition) is 0. The first-order chi connectivity index (χ1) is 9.15. The quantitative estimate of drug-likeness (QED) is 0.620. The summed E-state index contributed by atoms with van der Waals surface area (Å²) in [5, 5.41) is 0. The molecule has 4 heteroatoms. The zero-order valence-electron chi connectivity index (χ0n) is 11.3. The van der Waals surface area contributed by atoms with Gasteiger partial charge in [-0.2, -0.15) is 0 Å². The largest absolute Gasteiger partial charge is 0.497 e. The van der Waals surface area contributed by atoms with Gasteiger partial charge in [-0.25, -0.2) is 0 Å². The van der Waals surface area contributed by atoms with Gasteiger partial charge in [-0.05, 0) is 43.5 Å². The number of benzene rings is 1. The molecule has 1 aliphatic rings. The summed E-state index contributed by atoms with van der Waals surface area (Å²) in [6.07, 6.45) is 1.48. The van der Waals surface area contributed by atoms with Gasteiger partial charge in [0.05, 0.1) is 19.6 Å². The molecular formula is C15H18O4. The summed E-state index contributed by atoms with van der Waals surface area (Å²) >= 11 is 0. The highest BCUT2D eigenvalue weighted by Crippen LogP contribution is 2.28. The van der Waals surface area contributed by atoms with Gasteiger partial charge in [0, 0.05) is 12.0 Å². The normalized spacial score (nSPS) is 18.4. The van der Waals surface area contributed by atoms with Gasteiger partial charge in [0.1, 0.15) is 5.75 Å². The molecule has 1 aromatic rings. The molecule has 1 atom stereocenters. The molecule has 19 heavy (non-hydrogen) atoms. The van der Waals surface area contributed by atoms with Crippen molar-refractivity contribution in [3.63, 3.8) is 0 Å². The molecule has 0 amide bonds. The van der Waals surface area contributed by atoms with E-state index in [4.69, 9.17) is 9.47 Å². The van der Waals surface area contributed by atoms with Crippen LogP contribution in [0.3, 0.4) is 0 Å². The predicted molar refractivity (Wildman–Crippen MR) is 70.4 cm³/mol. The standard InChI is InChI=1S/C15H18O4/c1-3-19-15(17)10-4-7-14(16)13-6-5-12(18-2)9-11(13)8-10/h5-6,9-10H,3-4,7-8H2,1-2H3/t10-/m1/s1. The molecule has 4 nitrogen and oxygen atoms in total. The molecular weight excluding hydrogens is 244 g/mol. The van der Waals surface area contributed by atoms with Gasteiger partial charge in [-0.3, -0.25) is 9.59 Å². The monoisotopic (exact) mass is 262 g/mol. The maximum Gasteiger partial charge on any atom is 0.309 e. The lowest BCUT2D eigenvalue weighted by Gasteiger charge is -2.13. The van der Waals surface area contributed by atoms with Gasteiger partial charge in [-0.1, -0.05) is 0 Å². The number of carbonyl (C=O) groups excluding carboxylic acids is 2. The van der Waals surface area contributed by atoms with Crippen molar-refractivity contribution in [2.45, 2.75) is 26.2 Å². The molecule has 0 fully saturated rings. The fourth-order valence-electron chi connectivity index (χ4n) is 2.41. The molecule has 0 aliphatic heterocycles. The highest BCUT2D eigenvalue weighted by atomic mass is 16.5. The first-order valence-electron chi connectivity index (χ1n) is 6.52. The minimum absolute atomic E-state index is 0.0875. The summed E-state index contributed by atoms with van der Waals surface area (Å²) in [6, 6.07) is 5.40. The second-order valence-electron chi connectivity index (χ2n) is 4.64. The third-order valence-electron chi connectivity index (χ3n) is 3.42. The molecule has 0 bridgehead atoms. The van der Waals surface area contributed by atoms with Crippen molar-refractivity contribution >= 4 is 11.8 Å². The maximum atomic E-state index is 12.0. The molecule has 0 heterocycles. The number of rotatable bonds is 3. The zero-order valence-corrected chi connectivity index (χ0v) is 11.3. The Labute approximate surface area is 112 Å². The number of methoxy groups -OCH3 is 1. The van der Waals surface area contributed by atoms with Gasteiger partial charge in [-0.15, -0.1) is 0 Å². The molecule has 0 saturated heterocycles. The lowest BCUT2D eigenvalue weighted by molar-refractivity contribution is -0.148. The molecule has 102 valence electrons. The molecule has 2 rings (SSSR count).